The number of likely N-dealkylation sites (tertiary alicyclic amines) is 2. The van der Waals surface area contributed by atoms with Gasteiger partial charge in [0.2, 0.25) is 11.8 Å². The molecule has 3 aliphatic rings. The normalized spacial score (nSPS) is 19.9. The number of piperidine rings is 2. The van der Waals surface area contributed by atoms with Crippen LogP contribution < -0.4 is 26.6 Å². The molecule has 330 valence electrons. The fraction of sp³-hybridized carbons (Fsp3) is 0.479. The lowest BCUT2D eigenvalue weighted by Crippen LogP contribution is -2.47. The number of imide groups is 1. The smallest absolute Gasteiger partial charge is 0.320 e. The van der Waals surface area contributed by atoms with E-state index in [1.54, 1.807) is 17.9 Å². The number of benzene rings is 3. The van der Waals surface area contributed by atoms with E-state index in [-0.39, 0.29) is 47.4 Å². The van der Waals surface area contributed by atoms with E-state index in [1.807, 2.05) is 60.7 Å². The minimum atomic E-state index is -0.365. The minimum Gasteiger partial charge on any atom is -0.383 e. The van der Waals surface area contributed by atoms with Gasteiger partial charge in [-0.3, -0.25) is 29.9 Å². The number of hydrogen-bond acceptors (Lipinski definition) is 9. The molecule has 0 spiro atoms. The zero-order valence-electron chi connectivity index (χ0n) is 36.0. The van der Waals surface area contributed by atoms with Crippen molar-refractivity contribution in [2.45, 2.75) is 88.1 Å². The maximum atomic E-state index is 13.5. The highest BCUT2D eigenvalue weighted by Crippen LogP contribution is 2.30. The van der Waals surface area contributed by atoms with Gasteiger partial charge < -0.3 is 25.6 Å². The molecule has 3 saturated heterocycles. The van der Waals surface area contributed by atoms with Gasteiger partial charge in [-0.25, -0.2) is 9.48 Å². The van der Waals surface area contributed by atoms with E-state index in [2.05, 4.69) is 65.7 Å². The van der Waals surface area contributed by atoms with Crippen LogP contribution in [-0.2, 0) is 14.3 Å². The summed E-state index contributed by atoms with van der Waals surface area (Å²) in [5.74, 6) is 0.385. The predicted molar refractivity (Wildman–Crippen MR) is 242 cm³/mol. The summed E-state index contributed by atoms with van der Waals surface area (Å²) >= 11 is 0. The summed E-state index contributed by atoms with van der Waals surface area (Å²) in [6.45, 7) is 6.86. The fourth-order valence-corrected chi connectivity index (χ4v) is 8.97. The third-order valence-corrected chi connectivity index (χ3v) is 12.5. The number of hydrogen-bond donors (Lipinski definition) is 5. The molecule has 3 aliphatic heterocycles. The third kappa shape index (κ3) is 12.5. The first-order valence-electron chi connectivity index (χ1n) is 22.5. The molecule has 5 amide bonds. The van der Waals surface area contributed by atoms with Gasteiger partial charge in [0.1, 0.15) is 11.9 Å². The van der Waals surface area contributed by atoms with Gasteiger partial charge in [-0.05, 0) is 93.0 Å². The SMILES string of the molecule is COCCN1C[C@@H](NC(=O)Nc2cc(C(=O)NCCCCCCCCN3CCC(c4ccc(NC5CCC(=O)NC5=O)cc4)CC3)nn2-c2ccccc2)[C@H](c2ccccc2)C1. The van der Waals surface area contributed by atoms with Gasteiger partial charge in [0.15, 0.2) is 5.69 Å². The molecule has 0 radical (unpaired) electrons. The molecular formula is C48H63N9O5. The van der Waals surface area contributed by atoms with Crippen LogP contribution >= 0.6 is 0 Å². The van der Waals surface area contributed by atoms with Crippen LogP contribution in [0.5, 0.6) is 0 Å². The summed E-state index contributed by atoms with van der Waals surface area (Å²) in [7, 11) is 1.70. The quantitative estimate of drug-likeness (QED) is 0.0510. The lowest BCUT2D eigenvalue weighted by molar-refractivity contribution is -0.133. The van der Waals surface area contributed by atoms with Crippen LogP contribution in [0.1, 0.15) is 97.7 Å². The minimum absolute atomic E-state index is 0.106. The van der Waals surface area contributed by atoms with Crippen LogP contribution in [0.4, 0.5) is 16.3 Å². The number of aromatic nitrogens is 2. The van der Waals surface area contributed by atoms with Crippen LogP contribution in [0.15, 0.2) is 91.0 Å². The van der Waals surface area contributed by atoms with Crippen molar-refractivity contribution in [2.75, 3.05) is 70.2 Å². The van der Waals surface area contributed by atoms with Crippen molar-refractivity contribution in [1.29, 1.82) is 0 Å². The maximum absolute atomic E-state index is 13.5. The third-order valence-electron chi connectivity index (χ3n) is 12.5. The molecule has 7 rings (SSSR count). The van der Waals surface area contributed by atoms with Gasteiger partial charge in [0.25, 0.3) is 5.91 Å². The number of anilines is 2. The average Bonchev–Trinajstić information content (AvgIpc) is 3.91. The highest BCUT2D eigenvalue weighted by molar-refractivity contribution is 6.01. The van der Waals surface area contributed by atoms with Gasteiger partial charge in [0, 0.05) is 57.4 Å². The molecule has 4 aromatic rings. The number of para-hydroxylation sites is 1. The number of carbonyl (C=O) groups is 4. The highest BCUT2D eigenvalue weighted by atomic mass is 16.5. The second kappa shape index (κ2) is 22.5. The van der Waals surface area contributed by atoms with Gasteiger partial charge in [-0.1, -0.05) is 86.3 Å². The van der Waals surface area contributed by atoms with Crippen LogP contribution in [0.25, 0.3) is 5.69 Å². The second-order valence-corrected chi connectivity index (χ2v) is 16.9. The number of amides is 5. The molecule has 14 heteroatoms. The van der Waals surface area contributed by atoms with E-state index in [0.717, 1.165) is 76.2 Å². The standard InChI is InChI=1S/C48H63N9O5/c1-62-31-30-56-33-40(37-14-8-6-9-15-37)43(34-56)51-48(61)52-44-32-42(54-57(44)39-16-10-7-11-17-39)46(59)49-26-12-4-2-3-5-13-27-55-28-24-36(25-29-55)35-18-20-38(21-19-35)50-41-22-23-45(58)53-47(41)60/h6-11,14-21,32,36,40-41,43,50H,2-5,12-13,22-31,33-34H2,1H3,(H,49,59)(H2,51,52,61)(H,53,58,60)/t40-,41?,43+/m0/s1. The number of nitrogens with zero attached hydrogens (tertiary/aromatic N) is 4. The van der Waals surface area contributed by atoms with Gasteiger partial charge in [-0.2, -0.15) is 5.10 Å². The molecule has 1 unspecified atom stereocenters. The Hall–Kier alpha value is -5.57. The number of carbonyl (C=O) groups excluding carboxylic acids is 4. The maximum Gasteiger partial charge on any atom is 0.320 e. The molecule has 5 N–H and O–H groups in total. The monoisotopic (exact) mass is 845 g/mol. The van der Waals surface area contributed by atoms with E-state index in [4.69, 9.17) is 4.74 Å². The van der Waals surface area contributed by atoms with Gasteiger partial charge in [0.05, 0.1) is 18.3 Å². The molecule has 14 nitrogen and oxygen atoms in total. The fourth-order valence-electron chi connectivity index (χ4n) is 8.97. The zero-order chi connectivity index (χ0) is 43.1. The molecular weight excluding hydrogens is 783 g/mol. The Labute approximate surface area is 365 Å². The number of urea groups is 1. The lowest BCUT2D eigenvalue weighted by atomic mass is 9.89. The van der Waals surface area contributed by atoms with Crippen molar-refractivity contribution < 1.29 is 23.9 Å². The van der Waals surface area contributed by atoms with Gasteiger partial charge >= 0.3 is 6.03 Å². The van der Waals surface area contributed by atoms with Crippen molar-refractivity contribution in [2.24, 2.45) is 0 Å². The van der Waals surface area contributed by atoms with Crippen LogP contribution in [0, 0.1) is 0 Å². The van der Waals surface area contributed by atoms with Crippen LogP contribution in [0.2, 0.25) is 0 Å². The molecule has 1 aromatic heterocycles. The summed E-state index contributed by atoms with van der Waals surface area (Å²) in [5, 5.41) is 19.5. The number of ether oxygens (including phenoxy) is 1. The molecule has 0 saturated carbocycles. The Balaban J connectivity index is 0.790. The number of unbranched alkanes of at least 4 members (excludes halogenated alkanes) is 5. The molecule has 62 heavy (non-hydrogen) atoms. The number of rotatable bonds is 20. The van der Waals surface area contributed by atoms with Crippen molar-refractivity contribution in [1.82, 2.24) is 35.5 Å². The summed E-state index contributed by atoms with van der Waals surface area (Å²) < 4.78 is 6.93. The molecule has 3 atom stereocenters. The predicted octanol–water partition coefficient (Wildman–Crippen LogP) is 6.28. The number of nitrogens with one attached hydrogen (secondary N) is 5. The van der Waals surface area contributed by atoms with Crippen molar-refractivity contribution in [3.63, 3.8) is 0 Å². The first-order chi connectivity index (χ1) is 30.3. The first-order valence-corrected chi connectivity index (χ1v) is 22.5. The lowest BCUT2D eigenvalue weighted by Gasteiger charge is -2.32. The Bertz CT molecular complexity index is 2050. The highest BCUT2D eigenvalue weighted by Gasteiger charge is 2.35. The Kier molecular flexibility index (Phi) is 16.1. The molecule has 0 bridgehead atoms. The topological polar surface area (TPSA) is 162 Å². The van der Waals surface area contributed by atoms with Crippen LogP contribution in [-0.4, -0.2) is 115 Å². The van der Waals surface area contributed by atoms with Crippen molar-refractivity contribution in [3.05, 3.63) is 108 Å². The van der Waals surface area contributed by atoms with Crippen molar-refractivity contribution >= 4 is 35.3 Å². The van der Waals surface area contributed by atoms with E-state index in [9.17, 15) is 19.2 Å². The molecule has 0 aliphatic carbocycles. The van der Waals surface area contributed by atoms with Crippen LogP contribution in [0.3, 0.4) is 0 Å². The van der Waals surface area contributed by atoms with E-state index in [1.165, 1.54) is 30.4 Å². The Morgan fingerprint density at radius 2 is 1.50 bits per heavy atom. The van der Waals surface area contributed by atoms with Crippen molar-refractivity contribution in [3.8, 4) is 5.69 Å². The summed E-state index contributed by atoms with van der Waals surface area (Å²) in [4.78, 5) is 55.3. The Morgan fingerprint density at radius 3 is 2.23 bits per heavy atom. The summed E-state index contributed by atoms with van der Waals surface area (Å²) in [6, 6.07) is 29.0. The van der Waals surface area contributed by atoms with E-state index >= 15 is 0 Å². The number of methoxy groups -OCH3 is 1. The molecule has 3 aromatic carbocycles. The zero-order valence-corrected chi connectivity index (χ0v) is 36.0. The summed E-state index contributed by atoms with van der Waals surface area (Å²) in [6.07, 6.45) is 9.84. The second-order valence-electron chi connectivity index (χ2n) is 16.9. The first kappa shape index (κ1) is 44.5. The van der Waals surface area contributed by atoms with E-state index < -0.39 is 0 Å². The largest absolute Gasteiger partial charge is 0.383 e. The van der Waals surface area contributed by atoms with Gasteiger partial charge in [-0.15, -0.1) is 0 Å². The molecule has 3 fully saturated rings. The van der Waals surface area contributed by atoms with E-state index in [0.29, 0.717) is 44.3 Å². The molecule has 4 heterocycles. The summed E-state index contributed by atoms with van der Waals surface area (Å²) in [5.41, 5.74) is 4.43. The average molecular weight is 846 g/mol. The Morgan fingerprint density at radius 1 is 0.790 bits per heavy atom.